The Morgan fingerprint density at radius 2 is 2.36 bits per heavy atom. The van der Waals surface area contributed by atoms with Crippen molar-refractivity contribution < 1.29 is 23.9 Å². The molecule has 7 nitrogen and oxygen atoms in total. The lowest BCUT2D eigenvalue weighted by Crippen LogP contribution is -2.45. The van der Waals surface area contributed by atoms with Crippen molar-refractivity contribution in [2.75, 3.05) is 20.3 Å². The van der Waals surface area contributed by atoms with Crippen molar-refractivity contribution in [1.82, 2.24) is 4.90 Å². The van der Waals surface area contributed by atoms with Gasteiger partial charge in [-0.05, 0) is 0 Å². The molecule has 7 heteroatoms. The summed E-state index contributed by atoms with van der Waals surface area (Å²) in [7, 11) is 1.17. The van der Waals surface area contributed by atoms with Crippen LogP contribution in [0.15, 0.2) is 0 Å². The predicted octanol–water partition coefficient (Wildman–Crippen LogP) is -1.53. The number of ether oxygens (including phenoxy) is 2. The fraction of sp³-hybridized carbons (Fsp3) is 0.571. The van der Waals surface area contributed by atoms with Crippen LogP contribution in [-0.2, 0) is 19.1 Å². The molecule has 0 radical (unpaired) electrons. The molecule has 0 spiro atoms. The number of amides is 2. The molecule has 0 aliphatic carbocycles. The van der Waals surface area contributed by atoms with Crippen LogP contribution in [0.3, 0.4) is 0 Å². The van der Waals surface area contributed by atoms with Crippen LogP contribution in [0.2, 0.25) is 0 Å². The van der Waals surface area contributed by atoms with E-state index in [9.17, 15) is 14.4 Å². The van der Waals surface area contributed by atoms with Crippen molar-refractivity contribution in [3.05, 3.63) is 0 Å². The zero-order valence-electron chi connectivity index (χ0n) is 7.56. The van der Waals surface area contributed by atoms with E-state index in [4.69, 9.17) is 5.73 Å². The first-order valence-electron chi connectivity index (χ1n) is 3.86. The van der Waals surface area contributed by atoms with Gasteiger partial charge in [0.05, 0.1) is 13.7 Å². The van der Waals surface area contributed by atoms with Crippen LogP contribution < -0.4 is 5.73 Å². The number of carbonyl (C=O) groups is 3. The Bertz CT molecular complexity index is 261. The van der Waals surface area contributed by atoms with Gasteiger partial charge >= 0.3 is 12.1 Å². The van der Waals surface area contributed by atoms with Gasteiger partial charge in [-0.15, -0.1) is 0 Å². The van der Waals surface area contributed by atoms with Crippen LogP contribution in [0.25, 0.3) is 0 Å². The largest absolute Gasteiger partial charge is 0.468 e. The van der Waals surface area contributed by atoms with Crippen LogP contribution in [0.4, 0.5) is 4.79 Å². The molecule has 1 aliphatic rings. The molecule has 2 N–H and O–H groups in total. The van der Waals surface area contributed by atoms with E-state index in [0.717, 1.165) is 4.90 Å². The first-order valence-corrected chi connectivity index (χ1v) is 3.86. The summed E-state index contributed by atoms with van der Waals surface area (Å²) in [5.74, 6) is -1.19. The highest BCUT2D eigenvalue weighted by atomic mass is 16.6. The highest BCUT2D eigenvalue weighted by Gasteiger charge is 2.33. The van der Waals surface area contributed by atoms with Crippen molar-refractivity contribution >= 4 is 18.0 Å². The lowest BCUT2D eigenvalue weighted by atomic mass is 10.3. The number of cyclic esters (lactones) is 1. The van der Waals surface area contributed by atoms with Crippen LogP contribution in [0.1, 0.15) is 0 Å². The number of methoxy groups -OCH3 is 1. The molecule has 1 atom stereocenters. The number of imide groups is 1. The second kappa shape index (κ2) is 4.05. The lowest BCUT2D eigenvalue weighted by molar-refractivity contribution is -0.142. The highest BCUT2D eigenvalue weighted by molar-refractivity contribution is 5.98. The second-order valence-corrected chi connectivity index (χ2v) is 2.69. The van der Waals surface area contributed by atoms with Gasteiger partial charge in [-0.25, -0.2) is 9.69 Å². The van der Waals surface area contributed by atoms with E-state index in [1.54, 1.807) is 0 Å². The van der Waals surface area contributed by atoms with Gasteiger partial charge in [0.25, 0.3) is 5.91 Å². The summed E-state index contributed by atoms with van der Waals surface area (Å²) in [5.41, 5.74) is 5.36. The molecular formula is C7H10N2O5. The molecule has 2 amide bonds. The number of nitrogens with zero attached hydrogens (tertiary/aromatic N) is 1. The van der Waals surface area contributed by atoms with Crippen LogP contribution in [-0.4, -0.2) is 49.2 Å². The van der Waals surface area contributed by atoms with Crippen molar-refractivity contribution in [3.63, 3.8) is 0 Å². The zero-order valence-corrected chi connectivity index (χ0v) is 7.56. The molecule has 78 valence electrons. The average molecular weight is 202 g/mol. The third kappa shape index (κ3) is 1.99. The third-order valence-electron chi connectivity index (χ3n) is 1.72. The summed E-state index contributed by atoms with van der Waals surface area (Å²) in [6, 6.07) is -1.03. The molecule has 1 rings (SSSR count). The van der Waals surface area contributed by atoms with Gasteiger partial charge in [0, 0.05) is 0 Å². The molecular weight excluding hydrogens is 192 g/mol. The van der Waals surface area contributed by atoms with Gasteiger partial charge in [-0.3, -0.25) is 9.59 Å². The van der Waals surface area contributed by atoms with Gasteiger partial charge in [0.1, 0.15) is 6.04 Å². The second-order valence-electron chi connectivity index (χ2n) is 2.69. The number of rotatable bonds is 3. The number of hydrogen-bond acceptors (Lipinski definition) is 6. The fourth-order valence-corrected chi connectivity index (χ4v) is 0.980. The standard InChI is InChI=1S/C7H10N2O5/c1-13-6(11)4(8)2-9-5(10)3-14-7(9)12/h4H,2-3,8H2,1H3/t4-/m0/s1. The van der Waals surface area contributed by atoms with Gasteiger partial charge < -0.3 is 15.2 Å². The topological polar surface area (TPSA) is 98.9 Å². The number of esters is 1. The quantitative estimate of drug-likeness (QED) is 0.557. The van der Waals surface area contributed by atoms with E-state index < -0.39 is 24.0 Å². The fourth-order valence-electron chi connectivity index (χ4n) is 0.980. The van der Waals surface area contributed by atoms with Crippen molar-refractivity contribution in [1.29, 1.82) is 0 Å². The van der Waals surface area contributed by atoms with E-state index in [1.165, 1.54) is 7.11 Å². The van der Waals surface area contributed by atoms with Gasteiger partial charge in [-0.1, -0.05) is 0 Å². The average Bonchev–Trinajstić information content (AvgIpc) is 2.48. The molecule has 0 aromatic heterocycles. The molecule has 0 aromatic carbocycles. The third-order valence-corrected chi connectivity index (χ3v) is 1.72. The molecule has 0 aromatic rings. The number of carbonyl (C=O) groups excluding carboxylic acids is 3. The molecule has 1 aliphatic heterocycles. The summed E-state index contributed by atoms with van der Waals surface area (Å²) >= 11 is 0. The van der Waals surface area contributed by atoms with Gasteiger partial charge in [0.2, 0.25) is 0 Å². The normalized spacial score (nSPS) is 18.0. The lowest BCUT2D eigenvalue weighted by Gasteiger charge is -2.14. The molecule has 0 unspecified atom stereocenters. The van der Waals surface area contributed by atoms with E-state index in [0.29, 0.717) is 0 Å². The zero-order chi connectivity index (χ0) is 10.7. The monoisotopic (exact) mass is 202 g/mol. The summed E-state index contributed by atoms with van der Waals surface area (Å²) < 4.78 is 8.76. The molecule has 0 bridgehead atoms. The summed E-state index contributed by atoms with van der Waals surface area (Å²) in [4.78, 5) is 33.6. The van der Waals surface area contributed by atoms with E-state index in [1.807, 2.05) is 0 Å². The Morgan fingerprint density at radius 3 is 2.79 bits per heavy atom. The predicted molar refractivity (Wildman–Crippen MR) is 43.1 cm³/mol. The highest BCUT2D eigenvalue weighted by Crippen LogP contribution is 2.05. The molecule has 14 heavy (non-hydrogen) atoms. The Kier molecular flexibility index (Phi) is 3.03. The van der Waals surface area contributed by atoms with E-state index >= 15 is 0 Å². The SMILES string of the molecule is COC(=O)[C@@H](N)CN1C(=O)COC1=O. The van der Waals surface area contributed by atoms with Crippen molar-refractivity contribution in [2.45, 2.75) is 6.04 Å². The number of nitrogens with two attached hydrogens (primary N) is 1. The maximum absolute atomic E-state index is 11.0. The molecule has 0 saturated carbocycles. The van der Waals surface area contributed by atoms with Crippen LogP contribution in [0.5, 0.6) is 0 Å². The minimum atomic E-state index is -1.03. The molecule has 1 fully saturated rings. The minimum Gasteiger partial charge on any atom is -0.468 e. The maximum Gasteiger partial charge on any atom is 0.417 e. The summed E-state index contributed by atoms with van der Waals surface area (Å²) in [6.45, 7) is -0.517. The van der Waals surface area contributed by atoms with E-state index in [2.05, 4.69) is 9.47 Å². The Balaban J connectivity index is 2.55. The van der Waals surface area contributed by atoms with Crippen LogP contribution in [0, 0.1) is 0 Å². The summed E-state index contributed by atoms with van der Waals surface area (Å²) in [5, 5.41) is 0. The van der Waals surface area contributed by atoms with Crippen molar-refractivity contribution in [3.8, 4) is 0 Å². The first-order chi connectivity index (χ1) is 6.56. The first kappa shape index (κ1) is 10.5. The van der Waals surface area contributed by atoms with Gasteiger partial charge in [0.15, 0.2) is 6.61 Å². The minimum absolute atomic E-state index is 0.218. The smallest absolute Gasteiger partial charge is 0.417 e. The van der Waals surface area contributed by atoms with Crippen LogP contribution >= 0.6 is 0 Å². The Morgan fingerprint density at radius 1 is 1.71 bits per heavy atom. The van der Waals surface area contributed by atoms with Gasteiger partial charge in [-0.2, -0.15) is 0 Å². The Hall–Kier alpha value is -1.63. The van der Waals surface area contributed by atoms with E-state index in [-0.39, 0.29) is 13.2 Å². The maximum atomic E-state index is 11.0. The molecule has 1 heterocycles. The number of hydrogen-bond donors (Lipinski definition) is 1. The summed E-state index contributed by atoms with van der Waals surface area (Å²) in [6.07, 6.45) is -0.783. The Labute approximate surface area is 79.7 Å². The molecule has 1 saturated heterocycles. The van der Waals surface area contributed by atoms with Crippen molar-refractivity contribution in [2.24, 2.45) is 5.73 Å².